The average molecular weight is 452 g/mol. The van der Waals surface area contributed by atoms with Crippen LogP contribution in [-0.4, -0.2) is 56.6 Å². The SMILES string of the molecule is O=C(c1ccccc1C(F)(F)F)N1CCN(c2ccc(-c3cn4ccccc4n3)nn2)CC1. The van der Waals surface area contributed by atoms with Crippen molar-refractivity contribution in [1.82, 2.24) is 24.5 Å². The number of alkyl halides is 3. The molecule has 1 fully saturated rings. The Morgan fingerprint density at radius 3 is 2.30 bits per heavy atom. The average Bonchev–Trinajstić information content (AvgIpc) is 3.28. The minimum atomic E-state index is -4.58. The van der Waals surface area contributed by atoms with E-state index in [1.807, 2.05) is 52.0 Å². The number of hydrogen-bond donors (Lipinski definition) is 0. The van der Waals surface area contributed by atoms with Gasteiger partial charge in [-0.15, -0.1) is 10.2 Å². The van der Waals surface area contributed by atoms with Gasteiger partial charge in [0, 0.05) is 38.6 Å². The van der Waals surface area contributed by atoms with Gasteiger partial charge in [0.1, 0.15) is 17.0 Å². The highest BCUT2D eigenvalue weighted by Crippen LogP contribution is 2.32. The Balaban J connectivity index is 1.26. The molecule has 4 aromatic rings. The molecule has 0 radical (unpaired) electrons. The predicted molar refractivity (Wildman–Crippen MR) is 116 cm³/mol. The van der Waals surface area contributed by atoms with Gasteiger partial charge in [0.05, 0.1) is 11.1 Å². The summed E-state index contributed by atoms with van der Waals surface area (Å²) in [6.07, 6.45) is -0.796. The number of carbonyl (C=O) groups excluding carboxylic acids is 1. The van der Waals surface area contributed by atoms with Crippen molar-refractivity contribution in [3.8, 4) is 11.4 Å². The molecule has 1 aliphatic heterocycles. The second-order valence-electron chi connectivity index (χ2n) is 7.69. The molecule has 1 aliphatic rings. The Bertz CT molecular complexity index is 1260. The first-order chi connectivity index (χ1) is 15.9. The second kappa shape index (κ2) is 8.19. The van der Waals surface area contributed by atoms with Crippen LogP contribution in [0.25, 0.3) is 17.0 Å². The number of amides is 1. The van der Waals surface area contributed by atoms with Gasteiger partial charge < -0.3 is 14.2 Å². The first kappa shape index (κ1) is 20.9. The van der Waals surface area contributed by atoms with Crippen LogP contribution in [0.2, 0.25) is 0 Å². The molecule has 1 amide bonds. The predicted octanol–water partition coefficient (Wildman–Crippen LogP) is 3.77. The van der Waals surface area contributed by atoms with E-state index in [0.717, 1.165) is 11.7 Å². The normalized spacial score (nSPS) is 14.6. The van der Waals surface area contributed by atoms with Gasteiger partial charge in [-0.3, -0.25) is 4.79 Å². The van der Waals surface area contributed by atoms with Crippen molar-refractivity contribution in [1.29, 1.82) is 0 Å². The molecule has 1 aromatic carbocycles. The Morgan fingerprint density at radius 1 is 0.848 bits per heavy atom. The molecule has 168 valence electrons. The quantitative estimate of drug-likeness (QED) is 0.474. The smallest absolute Gasteiger partial charge is 0.352 e. The van der Waals surface area contributed by atoms with Crippen LogP contribution in [0.5, 0.6) is 0 Å². The monoisotopic (exact) mass is 452 g/mol. The summed E-state index contributed by atoms with van der Waals surface area (Å²) < 4.78 is 41.7. The molecular weight excluding hydrogens is 433 g/mol. The minimum absolute atomic E-state index is 0.293. The van der Waals surface area contributed by atoms with Gasteiger partial charge in [0.2, 0.25) is 0 Å². The third-order valence-corrected chi connectivity index (χ3v) is 5.63. The van der Waals surface area contributed by atoms with Crippen LogP contribution in [0, 0.1) is 0 Å². The van der Waals surface area contributed by atoms with Gasteiger partial charge in [-0.1, -0.05) is 18.2 Å². The van der Waals surface area contributed by atoms with E-state index in [1.165, 1.54) is 23.1 Å². The molecule has 0 bridgehead atoms. The van der Waals surface area contributed by atoms with Crippen LogP contribution < -0.4 is 4.90 Å². The summed E-state index contributed by atoms with van der Waals surface area (Å²) in [5.74, 6) is 0.0289. The number of piperazine rings is 1. The third-order valence-electron chi connectivity index (χ3n) is 5.63. The number of hydrogen-bond acceptors (Lipinski definition) is 5. The maximum atomic E-state index is 13.3. The molecule has 0 unspecified atom stereocenters. The Hall–Kier alpha value is -3.95. The largest absolute Gasteiger partial charge is 0.417 e. The second-order valence-corrected chi connectivity index (χ2v) is 7.69. The van der Waals surface area contributed by atoms with Crippen LogP contribution in [-0.2, 0) is 6.18 Å². The van der Waals surface area contributed by atoms with Gasteiger partial charge in [0.25, 0.3) is 5.91 Å². The van der Waals surface area contributed by atoms with Crippen molar-refractivity contribution in [3.63, 3.8) is 0 Å². The number of nitrogens with zero attached hydrogens (tertiary/aromatic N) is 6. The fourth-order valence-electron chi connectivity index (χ4n) is 3.91. The number of pyridine rings is 1. The van der Waals surface area contributed by atoms with Gasteiger partial charge >= 0.3 is 6.18 Å². The summed E-state index contributed by atoms with van der Waals surface area (Å²) in [6, 6.07) is 14.3. The summed E-state index contributed by atoms with van der Waals surface area (Å²) in [6.45, 7) is 1.48. The number of fused-ring (bicyclic) bond motifs is 1. The molecule has 0 N–H and O–H groups in total. The summed E-state index contributed by atoms with van der Waals surface area (Å²) in [4.78, 5) is 20.7. The lowest BCUT2D eigenvalue weighted by atomic mass is 10.1. The topological polar surface area (TPSA) is 66.6 Å². The zero-order valence-corrected chi connectivity index (χ0v) is 17.4. The summed E-state index contributed by atoms with van der Waals surface area (Å²) in [7, 11) is 0. The van der Waals surface area contributed by atoms with Gasteiger partial charge in [0.15, 0.2) is 5.82 Å². The minimum Gasteiger partial charge on any atom is -0.352 e. The van der Waals surface area contributed by atoms with E-state index in [-0.39, 0.29) is 5.56 Å². The van der Waals surface area contributed by atoms with Crippen LogP contribution >= 0.6 is 0 Å². The first-order valence-electron chi connectivity index (χ1n) is 10.4. The number of rotatable bonds is 3. The van der Waals surface area contributed by atoms with Crippen LogP contribution in [0.3, 0.4) is 0 Å². The van der Waals surface area contributed by atoms with Crippen molar-refractivity contribution >= 4 is 17.4 Å². The highest BCUT2D eigenvalue weighted by atomic mass is 19.4. The molecule has 33 heavy (non-hydrogen) atoms. The summed E-state index contributed by atoms with van der Waals surface area (Å²) >= 11 is 0. The molecule has 0 spiro atoms. The fourth-order valence-corrected chi connectivity index (χ4v) is 3.91. The Kier molecular flexibility index (Phi) is 5.20. The maximum Gasteiger partial charge on any atom is 0.417 e. The number of benzene rings is 1. The Morgan fingerprint density at radius 2 is 1.61 bits per heavy atom. The van der Waals surface area contributed by atoms with E-state index in [1.54, 1.807) is 0 Å². The van der Waals surface area contributed by atoms with Gasteiger partial charge in [-0.05, 0) is 36.4 Å². The molecular formula is C23H19F3N6O. The highest BCUT2D eigenvalue weighted by molar-refractivity contribution is 5.96. The zero-order chi connectivity index (χ0) is 23.0. The molecule has 5 rings (SSSR count). The van der Waals surface area contributed by atoms with Gasteiger partial charge in [-0.2, -0.15) is 13.2 Å². The lowest BCUT2D eigenvalue weighted by Gasteiger charge is -2.35. The number of imidazole rings is 1. The summed E-state index contributed by atoms with van der Waals surface area (Å²) in [5.41, 5.74) is 0.922. The lowest BCUT2D eigenvalue weighted by Crippen LogP contribution is -2.49. The molecule has 7 nitrogen and oxygen atoms in total. The maximum absolute atomic E-state index is 13.3. The zero-order valence-electron chi connectivity index (χ0n) is 17.4. The fraction of sp³-hybridized carbons (Fsp3) is 0.217. The van der Waals surface area contributed by atoms with Crippen molar-refractivity contribution in [2.24, 2.45) is 0 Å². The van der Waals surface area contributed by atoms with Crippen LogP contribution in [0.1, 0.15) is 15.9 Å². The van der Waals surface area contributed by atoms with E-state index in [2.05, 4.69) is 15.2 Å². The van der Waals surface area contributed by atoms with Crippen LogP contribution in [0.4, 0.5) is 19.0 Å². The van der Waals surface area contributed by atoms with Crippen molar-refractivity contribution in [2.75, 3.05) is 31.1 Å². The number of aromatic nitrogens is 4. The number of anilines is 1. The molecule has 0 saturated carbocycles. The number of carbonyl (C=O) groups is 1. The molecule has 3 aromatic heterocycles. The lowest BCUT2D eigenvalue weighted by molar-refractivity contribution is -0.138. The third kappa shape index (κ3) is 4.11. The van der Waals surface area contributed by atoms with E-state index < -0.39 is 17.6 Å². The first-order valence-corrected chi connectivity index (χ1v) is 10.4. The van der Waals surface area contributed by atoms with Gasteiger partial charge in [-0.25, -0.2) is 4.98 Å². The van der Waals surface area contributed by atoms with E-state index in [9.17, 15) is 18.0 Å². The molecule has 10 heteroatoms. The van der Waals surface area contributed by atoms with Crippen molar-refractivity contribution in [2.45, 2.75) is 6.18 Å². The number of halogens is 3. The van der Waals surface area contributed by atoms with E-state index in [0.29, 0.717) is 43.4 Å². The molecule has 4 heterocycles. The molecule has 0 aliphatic carbocycles. The van der Waals surface area contributed by atoms with Crippen molar-refractivity contribution in [3.05, 3.63) is 78.1 Å². The summed E-state index contributed by atoms with van der Waals surface area (Å²) in [5, 5.41) is 8.58. The van der Waals surface area contributed by atoms with Crippen molar-refractivity contribution < 1.29 is 18.0 Å². The molecule has 0 atom stereocenters. The Labute approximate surface area is 187 Å². The standard InChI is InChI=1S/C23H19F3N6O/c24-23(25,26)17-6-2-1-5-16(17)22(33)31-13-11-30(12-14-31)21-9-8-18(28-29-21)19-15-32-10-4-3-7-20(32)27-19/h1-10,15H,11-14H2. The van der Waals surface area contributed by atoms with E-state index in [4.69, 9.17) is 0 Å². The highest BCUT2D eigenvalue weighted by Gasteiger charge is 2.36. The molecule has 1 saturated heterocycles. The van der Waals surface area contributed by atoms with Crippen LogP contribution in [0.15, 0.2) is 67.0 Å². The van der Waals surface area contributed by atoms with E-state index >= 15 is 0 Å².